The summed E-state index contributed by atoms with van der Waals surface area (Å²) < 4.78 is 11.7. The van der Waals surface area contributed by atoms with Gasteiger partial charge in [-0.3, -0.25) is 14.5 Å². The highest BCUT2D eigenvalue weighted by Gasteiger charge is 2.54. The first kappa shape index (κ1) is 23.8. The molecule has 0 aromatic heterocycles. The number of amides is 1. The van der Waals surface area contributed by atoms with Gasteiger partial charge in [-0.05, 0) is 82.5 Å². The van der Waals surface area contributed by atoms with Crippen LogP contribution in [0, 0.1) is 18.8 Å². The van der Waals surface area contributed by atoms with Gasteiger partial charge >= 0.3 is 0 Å². The van der Waals surface area contributed by atoms with Gasteiger partial charge in [0.15, 0.2) is 0 Å². The van der Waals surface area contributed by atoms with Crippen molar-refractivity contribution in [3.8, 4) is 11.5 Å². The molecule has 4 aliphatic rings. The molecule has 2 N–H and O–H groups in total. The first-order valence-electron chi connectivity index (χ1n) is 12.0. The Hall–Kier alpha value is -2.32. The predicted octanol–water partition coefficient (Wildman–Crippen LogP) is 2.31. The summed E-state index contributed by atoms with van der Waals surface area (Å²) in [5, 5.41) is 17.7. The lowest BCUT2D eigenvalue weighted by Crippen LogP contribution is -2.53. The van der Waals surface area contributed by atoms with E-state index >= 15 is 0 Å². The summed E-state index contributed by atoms with van der Waals surface area (Å²) in [5.74, 6) is 2.70. The minimum atomic E-state index is -0.500. The van der Waals surface area contributed by atoms with E-state index in [0.29, 0.717) is 24.2 Å². The van der Waals surface area contributed by atoms with Crippen LogP contribution in [0.3, 0.4) is 0 Å². The monoisotopic (exact) mass is 460 g/mol. The van der Waals surface area contributed by atoms with Crippen molar-refractivity contribution in [2.75, 3.05) is 33.3 Å². The molecule has 3 saturated heterocycles. The van der Waals surface area contributed by atoms with Crippen LogP contribution in [-0.4, -0.2) is 83.4 Å². The normalized spacial score (nSPS) is 30.1. The van der Waals surface area contributed by atoms with Crippen LogP contribution < -0.4 is 9.47 Å². The number of methoxy groups -OCH3 is 1. The molecule has 4 fully saturated rings. The highest BCUT2D eigenvalue weighted by Crippen LogP contribution is 2.44. The maximum atomic E-state index is 13.5. The zero-order valence-electron chi connectivity index (χ0n) is 19.6. The summed E-state index contributed by atoms with van der Waals surface area (Å²) in [7, 11) is 1.66. The van der Waals surface area contributed by atoms with Gasteiger partial charge in [0, 0.05) is 18.7 Å². The van der Waals surface area contributed by atoms with E-state index in [0.717, 1.165) is 75.3 Å². The highest BCUT2D eigenvalue weighted by atomic mass is 16.5. The van der Waals surface area contributed by atoms with Crippen LogP contribution in [0.1, 0.15) is 44.1 Å². The number of carbonyl (C=O) groups excluding carboxylic acids is 1. The summed E-state index contributed by atoms with van der Waals surface area (Å²) in [4.78, 5) is 26.5. The minimum Gasteiger partial charge on any atom is -0.496 e. The van der Waals surface area contributed by atoms with E-state index in [4.69, 9.17) is 19.4 Å². The van der Waals surface area contributed by atoms with E-state index in [2.05, 4.69) is 9.80 Å². The first-order valence-corrected chi connectivity index (χ1v) is 12.0. The SMILES string of the molecule is COc1cccc(O[C@@H]2C[C@@H]3CN(C(=O)C45CCCN4CCC5)C[C@@H]3C[C@H]2O)c1C.O=CO. The average Bonchev–Trinajstić information content (AvgIpc) is 3.49. The Kier molecular flexibility index (Phi) is 7.14. The fraction of sp³-hybridized carbons (Fsp3) is 0.680. The number of carboxylic acid groups (broad SMARTS) is 1. The number of hydrogen-bond acceptors (Lipinski definition) is 6. The molecule has 0 radical (unpaired) electrons. The smallest absolute Gasteiger partial charge is 0.290 e. The number of aliphatic hydroxyl groups excluding tert-OH is 1. The minimum absolute atomic E-state index is 0.223. The van der Waals surface area contributed by atoms with Gasteiger partial charge in [0.05, 0.1) is 13.2 Å². The van der Waals surface area contributed by atoms with E-state index in [1.165, 1.54) is 0 Å². The van der Waals surface area contributed by atoms with Crippen molar-refractivity contribution in [1.29, 1.82) is 0 Å². The molecule has 1 aromatic rings. The predicted molar refractivity (Wildman–Crippen MR) is 122 cm³/mol. The van der Waals surface area contributed by atoms with Crippen LogP contribution in [0.5, 0.6) is 11.5 Å². The maximum Gasteiger partial charge on any atom is 0.290 e. The van der Waals surface area contributed by atoms with Crippen molar-refractivity contribution in [3.63, 3.8) is 0 Å². The number of carbonyl (C=O) groups is 2. The van der Waals surface area contributed by atoms with Crippen LogP contribution >= 0.6 is 0 Å². The molecule has 8 heteroatoms. The molecule has 8 nitrogen and oxygen atoms in total. The Morgan fingerprint density at radius 3 is 2.36 bits per heavy atom. The lowest BCUT2D eigenvalue weighted by molar-refractivity contribution is -0.140. The van der Waals surface area contributed by atoms with Crippen molar-refractivity contribution in [2.24, 2.45) is 11.8 Å². The first-order chi connectivity index (χ1) is 15.9. The fourth-order valence-electron chi connectivity index (χ4n) is 6.54. The quantitative estimate of drug-likeness (QED) is 0.665. The van der Waals surface area contributed by atoms with E-state index in [1.807, 2.05) is 25.1 Å². The Labute approximate surface area is 195 Å². The van der Waals surface area contributed by atoms with Gasteiger partial charge in [-0.15, -0.1) is 0 Å². The van der Waals surface area contributed by atoms with E-state index in [9.17, 15) is 9.90 Å². The lowest BCUT2D eigenvalue weighted by atomic mass is 9.78. The molecular formula is C25H36N2O6. The summed E-state index contributed by atoms with van der Waals surface area (Å²) in [6.07, 6.45) is 5.07. The third kappa shape index (κ3) is 4.43. The summed E-state index contributed by atoms with van der Waals surface area (Å²) in [6, 6.07) is 5.78. The van der Waals surface area contributed by atoms with Gasteiger partial charge in [-0.25, -0.2) is 0 Å². The molecule has 4 atom stereocenters. The van der Waals surface area contributed by atoms with Gasteiger partial charge < -0.3 is 24.6 Å². The number of fused-ring (bicyclic) bond motifs is 2. The van der Waals surface area contributed by atoms with E-state index in [1.54, 1.807) is 7.11 Å². The number of benzene rings is 1. The molecule has 1 amide bonds. The molecule has 0 spiro atoms. The second-order valence-electron chi connectivity index (χ2n) is 9.84. The van der Waals surface area contributed by atoms with E-state index in [-0.39, 0.29) is 18.1 Å². The molecule has 33 heavy (non-hydrogen) atoms. The van der Waals surface area contributed by atoms with Crippen LogP contribution in [0.4, 0.5) is 0 Å². The van der Waals surface area contributed by atoms with Gasteiger partial charge in [0.25, 0.3) is 6.47 Å². The van der Waals surface area contributed by atoms with Crippen molar-refractivity contribution in [3.05, 3.63) is 23.8 Å². The zero-order chi connectivity index (χ0) is 23.6. The lowest BCUT2D eigenvalue weighted by Gasteiger charge is -2.35. The van der Waals surface area contributed by atoms with Crippen molar-refractivity contribution >= 4 is 12.4 Å². The number of nitrogens with zero attached hydrogens (tertiary/aromatic N) is 2. The number of likely N-dealkylation sites (tertiary alicyclic amines) is 1. The topological polar surface area (TPSA) is 99.5 Å². The van der Waals surface area contributed by atoms with Crippen molar-refractivity contribution < 1.29 is 29.3 Å². The van der Waals surface area contributed by atoms with Gasteiger partial charge in [0.1, 0.15) is 23.1 Å². The maximum absolute atomic E-state index is 13.5. The standard InChI is InChI=1S/C24H34N2O4.CH2O2/c1-16-20(29-2)6-3-7-21(16)30-22-13-18-15-25(14-17(18)12-19(22)27)23(28)24-8-4-10-26(24)11-5-9-24;2-1-3/h3,6-7,17-19,22,27H,4-5,8-15H2,1-2H3;1H,(H,2,3)/t17-,18+,19+,22+;/m0./s1. The Balaban J connectivity index is 0.000000821. The van der Waals surface area contributed by atoms with E-state index < -0.39 is 6.10 Å². The largest absolute Gasteiger partial charge is 0.496 e. The van der Waals surface area contributed by atoms with Gasteiger partial charge in [0.2, 0.25) is 5.91 Å². The molecule has 1 aliphatic carbocycles. The number of rotatable bonds is 4. The Morgan fingerprint density at radius 1 is 1.12 bits per heavy atom. The molecule has 1 aromatic carbocycles. The second kappa shape index (κ2) is 9.89. The Morgan fingerprint density at radius 2 is 1.73 bits per heavy atom. The average molecular weight is 461 g/mol. The van der Waals surface area contributed by atoms with Crippen molar-refractivity contribution in [2.45, 2.75) is 63.2 Å². The fourth-order valence-corrected chi connectivity index (χ4v) is 6.54. The molecule has 1 saturated carbocycles. The summed E-state index contributed by atoms with van der Waals surface area (Å²) in [5.41, 5.74) is 0.735. The third-order valence-corrected chi connectivity index (χ3v) is 8.14. The molecule has 3 heterocycles. The van der Waals surface area contributed by atoms with Crippen LogP contribution in [0.25, 0.3) is 0 Å². The third-order valence-electron chi connectivity index (χ3n) is 8.14. The highest BCUT2D eigenvalue weighted by molar-refractivity contribution is 5.87. The van der Waals surface area contributed by atoms with Crippen LogP contribution in [0.2, 0.25) is 0 Å². The molecule has 0 bridgehead atoms. The Bertz CT molecular complexity index is 851. The van der Waals surface area contributed by atoms with Crippen LogP contribution in [-0.2, 0) is 9.59 Å². The number of hydrogen-bond donors (Lipinski definition) is 2. The molecule has 0 unspecified atom stereocenters. The van der Waals surface area contributed by atoms with Gasteiger partial charge in [-0.1, -0.05) is 6.07 Å². The molecule has 3 aliphatic heterocycles. The molecular weight excluding hydrogens is 424 g/mol. The zero-order valence-corrected chi connectivity index (χ0v) is 19.6. The second-order valence-corrected chi connectivity index (χ2v) is 9.84. The summed E-state index contributed by atoms with van der Waals surface area (Å²) in [6.45, 7) is 5.47. The number of aliphatic hydroxyl groups is 1. The molecule has 182 valence electrons. The summed E-state index contributed by atoms with van der Waals surface area (Å²) >= 11 is 0. The van der Waals surface area contributed by atoms with Gasteiger partial charge in [-0.2, -0.15) is 0 Å². The van der Waals surface area contributed by atoms with Crippen molar-refractivity contribution in [1.82, 2.24) is 9.80 Å². The molecule has 5 rings (SSSR count). The van der Waals surface area contributed by atoms with Crippen LogP contribution in [0.15, 0.2) is 18.2 Å². The number of ether oxygens (including phenoxy) is 2.